The van der Waals surface area contributed by atoms with Crippen molar-refractivity contribution in [1.82, 2.24) is 10.1 Å². The minimum atomic E-state index is -3.11. The molecule has 156 valence electrons. The molecule has 1 aliphatic heterocycles. The first-order valence-electron chi connectivity index (χ1n) is 9.84. The van der Waals surface area contributed by atoms with Gasteiger partial charge in [0.2, 0.25) is 0 Å². The van der Waals surface area contributed by atoms with Crippen LogP contribution in [0.15, 0.2) is 4.52 Å². The fourth-order valence-electron chi connectivity index (χ4n) is 4.19. The average molecular weight is 413 g/mol. The van der Waals surface area contributed by atoms with Crippen molar-refractivity contribution in [3.05, 3.63) is 17.0 Å². The van der Waals surface area contributed by atoms with Crippen molar-refractivity contribution < 1.29 is 27.3 Å². The second-order valence-corrected chi connectivity index (χ2v) is 10.3. The lowest BCUT2D eigenvalue weighted by molar-refractivity contribution is -0.139. The molecule has 3 rings (SSSR count). The molecule has 1 atom stereocenters. The molecule has 0 radical (unpaired) electrons. The van der Waals surface area contributed by atoms with Crippen molar-refractivity contribution in [2.45, 2.75) is 70.9 Å². The molecule has 1 saturated heterocycles. The highest BCUT2D eigenvalue weighted by atomic mass is 32.2. The number of hydrogen-bond donors (Lipinski definition) is 0. The molecule has 9 heteroatoms. The number of aryl methyl sites for hydroxylation is 1. The molecule has 1 aromatic rings. The summed E-state index contributed by atoms with van der Waals surface area (Å²) in [5, 5.41) is 3.83. The summed E-state index contributed by atoms with van der Waals surface area (Å²) in [4.78, 5) is 27.1. The molecule has 2 aliphatic rings. The van der Waals surface area contributed by atoms with Crippen LogP contribution in [0, 0.1) is 6.92 Å². The molecule has 1 aliphatic carbocycles. The third kappa shape index (κ3) is 4.39. The number of aromatic nitrogens is 1. The van der Waals surface area contributed by atoms with Gasteiger partial charge in [-0.1, -0.05) is 31.8 Å². The topological polar surface area (TPSA) is 107 Å². The van der Waals surface area contributed by atoms with E-state index >= 15 is 0 Å². The van der Waals surface area contributed by atoms with Crippen LogP contribution >= 0.6 is 0 Å². The van der Waals surface area contributed by atoms with Crippen LogP contribution in [0.25, 0.3) is 0 Å². The summed E-state index contributed by atoms with van der Waals surface area (Å²) in [6.45, 7) is 5.00. The number of esters is 1. The molecular weight excluding hydrogens is 384 g/mol. The van der Waals surface area contributed by atoms with Crippen molar-refractivity contribution in [1.29, 1.82) is 0 Å². The van der Waals surface area contributed by atoms with E-state index in [1.165, 1.54) is 0 Å². The highest BCUT2D eigenvalue weighted by Crippen LogP contribution is 2.29. The fraction of sp³-hybridized carbons (Fsp3) is 0.737. The van der Waals surface area contributed by atoms with Crippen LogP contribution in [0.5, 0.6) is 0 Å². The largest absolute Gasteiger partial charge is 0.452 e. The molecule has 28 heavy (non-hydrogen) atoms. The van der Waals surface area contributed by atoms with Gasteiger partial charge >= 0.3 is 5.97 Å². The van der Waals surface area contributed by atoms with Crippen LogP contribution in [0.4, 0.5) is 0 Å². The van der Waals surface area contributed by atoms with Gasteiger partial charge in [-0.3, -0.25) is 4.79 Å². The standard InChI is InChI=1S/C19H28N2O6S/c1-12(2)18-17(13(3)20-27-18)19(23)26-10-16(22)21(14-6-4-5-7-14)15-8-9-28(24,25)11-15/h12,14-15H,4-11H2,1-3H3. The number of rotatable bonds is 6. The quantitative estimate of drug-likeness (QED) is 0.659. The fourth-order valence-corrected chi connectivity index (χ4v) is 5.90. The minimum Gasteiger partial charge on any atom is -0.452 e. The average Bonchev–Trinajstić information content (AvgIpc) is 3.34. The lowest BCUT2D eigenvalue weighted by Gasteiger charge is -2.33. The molecule has 0 bridgehead atoms. The smallest absolute Gasteiger partial charge is 0.344 e. The van der Waals surface area contributed by atoms with Gasteiger partial charge in [0.15, 0.2) is 22.2 Å². The third-order valence-electron chi connectivity index (χ3n) is 5.55. The van der Waals surface area contributed by atoms with Crippen molar-refractivity contribution in [3.8, 4) is 0 Å². The van der Waals surface area contributed by atoms with Crippen molar-refractivity contribution >= 4 is 21.7 Å². The molecule has 0 aromatic carbocycles. The van der Waals surface area contributed by atoms with E-state index in [-0.39, 0.29) is 41.0 Å². The molecule has 2 heterocycles. The zero-order chi connectivity index (χ0) is 20.5. The van der Waals surface area contributed by atoms with Crippen molar-refractivity contribution in [2.24, 2.45) is 0 Å². The molecule has 8 nitrogen and oxygen atoms in total. The Morgan fingerprint density at radius 3 is 2.46 bits per heavy atom. The monoisotopic (exact) mass is 412 g/mol. The van der Waals surface area contributed by atoms with Crippen molar-refractivity contribution in [3.63, 3.8) is 0 Å². The van der Waals surface area contributed by atoms with E-state index in [9.17, 15) is 18.0 Å². The number of nitrogens with zero attached hydrogens (tertiary/aromatic N) is 2. The van der Waals surface area contributed by atoms with Crippen LogP contribution in [0.3, 0.4) is 0 Å². The molecule has 2 fully saturated rings. The van der Waals surface area contributed by atoms with Gasteiger partial charge in [0.1, 0.15) is 5.56 Å². The van der Waals surface area contributed by atoms with Crippen LogP contribution in [0.2, 0.25) is 0 Å². The summed E-state index contributed by atoms with van der Waals surface area (Å²) in [6.07, 6.45) is 4.20. The number of hydrogen-bond acceptors (Lipinski definition) is 7. The van der Waals surface area contributed by atoms with Crippen molar-refractivity contribution in [2.75, 3.05) is 18.1 Å². The van der Waals surface area contributed by atoms with E-state index in [2.05, 4.69) is 5.16 Å². The second kappa shape index (κ2) is 8.23. The Hall–Kier alpha value is -1.90. The predicted octanol–water partition coefficient (Wildman–Crippen LogP) is 2.22. The molecule has 0 N–H and O–H groups in total. The van der Waals surface area contributed by atoms with Crippen LogP contribution in [0.1, 0.15) is 73.7 Å². The van der Waals surface area contributed by atoms with Crippen LogP contribution < -0.4 is 0 Å². The zero-order valence-electron chi connectivity index (χ0n) is 16.6. The van der Waals surface area contributed by atoms with E-state index in [0.717, 1.165) is 25.7 Å². The molecule has 1 unspecified atom stereocenters. The normalized spacial score (nSPS) is 21.9. The molecule has 0 spiro atoms. The number of ether oxygens (including phenoxy) is 1. The summed E-state index contributed by atoms with van der Waals surface area (Å²) < 4.78 is 34.3. The Morgan fingerprint density at radius 1 is 1.21 bits per heavy atom. The summed E-state index contributed by atoms with van der Waals surface area (Å²) in [5.41, 5.74) is 0.689. The minimum absolute atomic E-state index is 0.00849. The van der Waals surface area contributed by atoms with Gasteiger partial charge in [0, 0.05) is 18.0 Å². The Morgan fingerprint density at radius 2 is 1.89 bits per heavy atom. The molecular formula is C19H28N2O6S. The van der Waals surface area contributed by atoms with E-state index in [0.29, 0.717) is 17.9 Å². The summed E-state index contributed by atoms with van der Waals surface area (Å²) >= 11 is 0. The Balaban J connectivity index is 1.70. The first kappa shape index (κ1) is 20.8. The maximum absolute atomic E-state index is 12.9. The first-order valence-corrected chi connectivity index (χ1v) is 11.7. The Labute approximate surface area is 165 Å². The maximum Gasteiger partial charge on any atom is 0.344 e. The van der Waals surface area contributed by atoms with Crippen LogP contribution in [-0.4, -0.2) is 60.5 Å². The number of sulfone groups is 1. The summed E-state index contributed by atoms with van der Waals surface area (Å²) in [7, 11) is -3.11. The number of amides is 1. The van der Waals surface area contributed by atoms with Gasteiger partial charge in [-0.05, 0) is 26.2 Å². The van der Waals surface area contributed by atoms with E-state index in [4.69, 9.17) is 9.26 Å². The van der Waals surface area contributed by atoms with Gasteiger partial charge in [-0.25, -0.2) is 13.2 Å². The highest BCUT2D eigenvalue weighted by molar-refractivity contribution is 7.91. The maximum atomic E-state index is 12.9. The Bertz CT molecular complexity index is 839. The lowest BCUT2D eigenvalue weighted by atomic mass is 10.1. The number of carbonyl (C=O) groups is 2. The van der Waals surface area contributed by atoms with Crippen LogP contribution in [-0.2, 0) is 19.4 Å². The van der Waals surface area contributed by atoms with Gasteiger partial charge < -0.3 is 14.2 Å². The van der Waals surface area contributed by atoms with E-state index < -0.39 is 22.4 Å². The molecule has 1 saturated carbocycles. The number of carbonyl (C=O) groups excluding carboxylic acids is 2. The van der Waals surface area contributed by atoms with E-state index in [1.807, 2.05) is 13.8 Å². The van der Waals surface area contributed by atoms with Gasteiger partial charge in [0.25, 0.3) is 5.91 Å². The lowest BCUT2D eigenvalue weighted by Crippen LogP contribution is -2.48. The third-order valence-corrected chi connectivity index (χ3v) is 7.30. The van der Waals surface area contributed by atoms with Gasteiger partial charge in [-0.2, -0.15) is 0 Å². The predicted molar refractivity (Wildman–Crippen MR) is 102 cm³/mol. The van der Waals surface area contributed by atoms with Gasteiger partial charge in [-0.15, -0.1) is 0 Å². The molecule has 1 aromatic heterocycles. The zero-order valence-corrected chi connectivity index (χ0v) is 17.5. The summed E-state index contributed by atoms with van der Waals surface area (Å²) in [5.74, 6) is -0.483. The first-order chi connectivity index (χ1) is 13.2. The Kier molecular flexibility index (Phi) is 6.12. The highest BCUT2D eigenvalue weighted by Gasteiger charge is 2.39. The second-order valence-electron chi connectivity index (χ2n) is 8.03. The molecule has 1 amide bonds. The summed E-state index contributed by atoms with van der Waals surface area (Å²) in [6, 6.07) is -0.309. The van der Waals surface area contributed by atoms with Gasteiger partial charge in [0.05, 0.1) is 17.2 Å². The van der Waals surface area contributed by atoms with E-state index in [1.54, 1.807) is 11.8 Å². The SMILES string of the molecule is Cc1noc(C(C)C)c1C(=O)OCC(=O)N(C1CCCC1)C1CCS(=O)(=O)C1.